The zero-order chi connectivity index (χ0) is 9.14. The lowest BCUT2D eigenvalue weighted by atomic mass is 10.0. The third kappa shape index (κ3) is 2.31. The number of hydrogen-bond acceptors (Lipinski definition) is 0. The van der Waals surface area contributed by atoms with Gasteiger partial charge in [0.25, 0.3) is 0 Å². The molecule has 0 saturated carbocycles. The summed E-state index contributed by atoms with van der Waals surface area (Å²) in [5, 5.41) is 0. The van der Waals surface area contributed by atoms with Gasteiger partial charge in [0.05, 0.1) is 4.47 Å². The summed E-state index contributed by atoms with van der Waals surface area (Å²) in [6.07, 6.45) is 0.714. The summed E-state index contributed by atoms with van der Waals surface area (Å²) in [6, 6.07) is 5.38. The Hall–Kier alpha value is -0.370. The lowest BCUT2D eigenvalue weighted by Gasteiger charge is -2.06. The van der Waals surface area contributed by atoms with E-state index in [4.69, 9.17) is 0 Å². The van der Waals surface area contributed by atoms with Crippen molar-refractivity contribution in [2.24, 2.45) is 0 Å². The van der Waals surface area contributed by atoms with E-state index in [1.165, 1.54) is 5.92 Å². The third-order valence-corrected chi connectivity index (χ3v) is 2.19. The number of rotatable bonds is 2. The van der Waals surface area contributed by atoms with Crippen molar-refractivity contribution >= 4 is 15.9 Å². The molecule has 0 nitrogen and oxygen atoms in total. The van der Waals surface area contributed by atoms with Crippen LogP contribution in [0.4, 0.5) is 4.39 Å². The molecule has 2 heteroatoms. The highest BCUT2D eigenvalue weighted by molar-refractivity contribution is 9.10. The fourth-order valence-corrected chi connectivity index (χ4v) is 1.47. The molecule has 0 aliphatic carbocycles. The Kier molecular flexibility index (Phi) is 3.27. The zero-order valence-corrected chi connectivity index (χ0v) is 8.78. The molecule has 12 heavy (non-hydrogen) atoms. The standard InChI is InChI=1S/C10H11BrF/c1-7(2)6-8-4-3-5-9(11)10(8)12/h3-5H,6H2,1-2H3. The molecule has 1 aromatic carbocycles. The van der Waals surface area contributed by atoms with Gasteiger partial charge in [-0.3, -0.25) is 0 Å². The Balaban J connectivity index is 2.92. The summed E-state index contributed by atoms with van der Waals surface area (Å²) >= 11 is 3.15. The Labute approximate surface area is 80.9 Å². The third-order valence-electron chi connectivity index (χ3n) is 1.58. The maximum Gasteiger partial charge on any atom is 0.140 e. The summed E-state index contributed by atoms with van der Waals surface area (Å²) in [4.78, 5) is 0. The van der Waals surface area contributed by atoms with Crippen molar-refractivity contribution in [3.8, 4) is 0 Å². The zero-order valence-electron chi connectivity index (χ0n) is 7.20. The van der Waals surface area contributed by atoms with Crippen LogP contribution in [0.25, 0.3) is 0 Å². The Morgan fingerprint density at radius 2 is 2.08 bits per heavy atom. The predicted octanol–water partition coefficient (Wildman–Crippen LogP) is 3.74. The van der Waals surface area contributed by atoms with Gasteiger partial charge in [-0.25, -0.2) is 4.39 Å². The summed E-state index contributed by atoms with van der Waals surface area (Å²) in [6.45, 7) is 4.00. The molecular formula is C10H11BrF. The molecule has 1 radical (unpaired) electrons. The first-order chi connectivity index (χ1) is 5.61. The van der Waals surface area contributed by atoms with Crippen LogP contribution in [0.3, 0.4) is 0 Å². The van der Waals surface area contributed by atoms with E-state index in [2.05, 4.69) is 15.9 Å². The van der Waals surface area contributed by atoms with Crippen LogP contribution in [0.2, 0.25) is 0 Å². The summed E-state index contributed by atoms with van der Waals surface area (Å²) in [7, 11) is 0. The van der Waals surface area contributed by atoms with Gasteiger partial charge in [0, 0.05) is 0 Å². The molecule has 1 aromatic rings. The van der Waals surface area contributed by atoms with Crippen molar-refractivity contribution in [3.63, 3.8) is 0 Å². The highest BCUT2D eigenvalue weighted by Crippen LogP contribution is 2.21. The van der Waals surface area contributed by atoms with Gasteiger partial charge in [-0.15, -0.1) is 0 Å². The molecule has 0 heterocycles. The molecular weight excluding hydrogens is 219 g/mol. The average molecular weight is 230 g/mol. The summed E-state index contributed by atoms with van der Waals surface area (Å²) in [5.74, 6) is 1.07. The summed E-state index contributed by atoms with van der Waals surface area (Å²) < 4.78 is 13.8. The lowest BCUT2D eigenvalue weighted by Crippen LogP contribution is -1.95. The quantitative estimate of drug-likeness (QED) is 0.725. The molecule has 1 rings (SSSR count). The van der Waals surface area contributed by atoms with Crippen LogP contribution in [0.1, 0.15) is 19.4 Å². The number of benzene rings is 1. The van der Waals surface area contributed by atoms with Gasteiger partial charge < -0.3 is 0 Å². The van der Waals surface area contributed by atoms with Gasteiger partial charge in [-0.1, -0.05) is 26.0 Å². The molecule has 0 bridgehead atoms. The highest BCUT2D eigenvalue weighted by atomic mass is 79.9. The van der Waals surface area contributed by atoms with Crippen molar-refractivity contribution in [1.82, 2.24) is 0 Å². The van der Waals surface area contributed by atoms with Crippen molar-refractivity contribution < 1.29 is 4.39 Å². The van der Waals surface area contributed by atoms with E-state index >= 15 is 0 Å². The van der Waals surface area contributed by atoms with Crippen molar-refractivity contribution in [2.45, 2.75) is 20.3 Å². The van der Waals surface area contributed by atoms with Crippen LogP contribution in [-0.4, -0.2) is 0 Å². The molecule has 0 aromatic heterocycles. The van der Waals surface area contributed by atoms with Crippen LogP contribution in [0, 0.1) is 11.7 Å². The minimum absolute atomic E-state index is 0.140. The van der Waals surface area contributed by atoms with Gasteiger partial charge in [0.1, 0.15) is 5.82 Å². The van der Waals surface area contributed by atoms with Crippen LogP contribution >= 0.6 is 15.9 Å². The maximum atomic E-state index is 13.3. The molecule has 0 atom stereocenters. The normalized spacial score (nSPS) is 10.8. The van der Waals surface area contributed by atoms with E-state index in [1.54, 1.807) is 6.07 Å². The van der Waals surface area contributed by atoms with Crippen LogP contribution < -0.4 is 0 Å². The minimum Gasteiger partial charge on any atom is -0.205 e. The van der Waals surface area contributed by atoms with E-state index in [-0.39, 0.29) is 5.82 Å². The second-order valence-electron chi connectivity index (χ2n) is 3.10. The number of halogens is 2. The molecule has 0 amide bonds. The molecule has 0 aliphatic heterocycles. The average Bonchev–Trinajstić information content (AvgIpc) is 1.98. The monoisotopic (exact) mass is 229 g/mol. The molecule has 0 fully saturated rings. The Morgan fingerprint density at radius 3 is 2.67 bits per heavy atom. The molecule has 0 N–H and O–H groups in total. The molecule has 0 aliphatic rings. The second kappa shape index (κ2) is 4.04. The maximum absolute atomic E-state index is 13.3. The van der Waals surface area contributed by atoms with E-state index in [9.17, 15) is 4.39 Å². The van der Waals surface area contributed by atoms with Gasteiger partial charge >= 0.3 is 0 Å². The van der Waals surface area contributed by atoms with Crippen LogP contribution in [-0.2, 0) is 6.42 Å². The first kappa shape index (κ1) is 9.72. The molecule has 0 spiro atoms. The number of hydrogen-bond donors (Lipinski definition) is 0. The predicted molar refractivity (Wildman–Crippen MR) is 52.4 cm³/mol. The first-order valence-electron chi connectivity index (χ1n) is 3.83. The van der Waals surface area contributed by atoms with Gasteiger partial charge in [0.2, 0.25) is 0 Å². The van der Waals surface area contributed by atoms with Gasteiger partial charge in [-0.05, 0) is 39.9 Å². The van der Waals surface area contributed by atoms with E-state index in [0.717, 1.165) is 5.56 Å². The Morgan fingerprint density at radius 1 is 1.42 bits per heavy atom. The van der Waals surface area contributed by atoms with E-state index in [0.29, 0.717) is 10.9 Å². The van der Waals surface area contributed by atoms with Gasteiger partial charge in [-0.2, -0.15) is 0 Å². The highest BCUT2D eigenvalue weighted by Gasteiger charge is 2.06. The lowest BCUT2D eigenvalue weighted by molar-refractivity contribution is 0.603. The van der Waals surface area contributed by atoms with Crippen LogP contribution in [0.15, 0.2) is 22.7 Å². The smallest absolute Gasteiger partial charge is 0.140 e. The van der Waals surface area contributed by atoms with E-state index in [1.807, 2.05) is 26.0 Å². The topological polar surface area (TPSA) is 0 Å². The second-order valence-corrected chi connectivity index (χ2v) is 3.95. The van der Waals surface area contributed by atoms with Crippen molar-refractivity contribution in [1.29, 1.82) is 0 Å². The van der Waals surface area contributed by atoms with E-state index < -0.39 is 0 Å². The fourth-order valence-electron chi connectivity index (χ4n) is 1.07. The first-order valence-corrected chi connectivity index (χ1v) is 4.62. The SMILES string of the molecule is C[C](C)Cc1cccc(Br)c1F. The Bertz CT molecular complexity index is 269. The fraction of sp³-hybridized carbons (Fsp3) is 0.300. The van der Waals surface area contributed by atoms with Gasteiger partial charge in [0.15, 0.2) is 0 Å². The van der Waals surface area contributed by atoms with Crippen molar-refractivity contribution in [2.75, 3.05) is 0 Å². The van der Waals surface area contributed by atoms with Crippen molar-refractivity contribution in [3.05, 3.63) is 40.0 Å². The van der Waals surface area contributed by atoms with Crippen LogP contribution in [0.5, 0.6) is 0 Å². The molecule has 0 unspecified atom stereocenters. The molecule has 65 valence electrons. The molecule has 0 saturated heterocycles. The minimum atomic E-state index is -0.140. The largest absolute Gasteiger partial charge is 0.205 e. The summed E-state index contributed by atoms with van der Waals surface area (Å²) in [5.41, 5.74) is 0.754.